The number of alkyl halides is 1. The Bertz CT molecular complexity index is 806. The first-order valence-corrected chi connectivity index (χ1v) is 8.40. The van der Waals surface area contributed by atoms with Crippen molar-refractivity contribution in [3.05, 3.63) is 37.5 Å². The second kappa shape index (κ2) is 5.01. The molecule has 0 fully saturated rings. The van der Waals surface area contributed by atoms with Crippen LogP contribution < -0.4 is 5.56 Å². The molecule has 1 unspecified atom stereocenters. The lowest BCUT2D eigenvalue weighted by Gasteiger charge is -2.02. The predicted molar refractivity (Wildman–Crippen MR) is 85.5 cm³/mol. The van der Waals surface area contributed by atoms with Gasteiger partial charge in [0.15, 0.2) is 0 Å². The van der Waals surface area contributed by atoms with E-state index in [1.165, 1.54) is 11.3 Å². The van der Waals surface area contributed by atoms with Gasteiger partial charge in [-0.05, 0) is 35.0 Å². The maximum Gasteiger partial charge on any atom is 0.260 e. The molecule has 0 aliphatic carbocycles. The van der Waals surface area contributed by atoms with E-state index < -0.39 is 0 Å². The number of thiophene rings is 2. The van der Waals surface area contributed by atoms with E-state index in [1.807, 2.05) is 17.5 Å². The highest BCUT2D eigenvalue weighted by atomic mass is 79.9. The molecule has 3 rings (SSSR count). The van der Waals surface area contributed by atoms with Crippen LogP contribution >= 0.6 is 50.2 Å². The molecule has 0 aliphatic rings. The van der Waals surface area contributed by atoms with Crippen molar-refractivity contribution in [2.45, 2.75) is 12.3 Å². The predicted octanol–water partition coefficient (Wildman–Crippen LogP) is 4.78. The lowest BCUT2D eigenvalue weighted by molar-refractivity contribution is 0.917. The summed E-state index contributed by atoms with van der Waals surface area (Å²) in [5.74, 6) is 0.514. The minimum atomic E-state index is -0.307. The van der Waals surface area contributed by atoms with Crippen molar-refractivity contribution in [2.75, 3.05) is 0 Å². The van der Waals surface area contributed by atoms with E-state index >= 15 is 0 Å². The van der Waals surface area contributed by atoms with E-state index in [0.717, 1.165) is 19.1 Å². The van der Waals surface area contributed by atoms with Gasteiger partial charge in [0.1, 0.15) is 10.7 Å². The van der Waals surface area contributed by atoms with Crippen LogP contribution in [0.15, 0.2) is 26.1 Å². The molecule has 3 heterocycles. The molecular formula is C12H8BrClN2OS2. The van der Waals surface area contributed by atoms with Crippen LogP contribution in [0.3, 0.4) is 0 Å². The van der Waals surface area contributed by atoms with Crippen LogP contribution in [0, 0.1) is 0 Å². The average molecular weight is 376 g/mol. The average Bonchev–Trinajstić information content (AvgIpc) is 2.94. The molecule has 98 valence electrons. The van der Waals surface area contributed by atoms with Crippen LogP contribution in [0.5, 0.6) is 0 Å². The van der Waals surface area contributed by atoms with Gasteiger partial charge in [-0.3, -0.25) is 4.79 Å². The Balaban J connectivity index is 2.27. The first kappa shape index (κ1) is 13.3. The van der Waals surface area contributed by atoms with Gasteiger partial charge in [0, 0.05) is 15.8 Å². The summed E-state index contributed by atoms with van der Waals surface area (Å²) >= 11 is 12.5. The number of aromatic amines is 1. The Kier molecular flexibility index (Phi) is 3.51. The standard InChI is InChI=1S/C12H8BrClN2OS2/c1-5(14)10-15-11(17)9-6(4-18-12(9)16-10)7-2-3-8(13)19-7/h2-5H,1H3,(H,15,16,17). The van der Waals surface area contributed by atoms with Gasteiger partial charge in [0.05, 0.1) is 14.5 Å². The van der Waals surface area contributed by atoms with E-state index in [9.17, 15) is 4.79 Å². The number of aromatic nitrogens is 2. The molecular weight excluding hydrogens is 368 g/mol. The summed E-state index contributed by atoms with van der Waals surface area (Å²) in [4.78, 5) is 21.2. The van der Waals surface area contributed by atoms with Crippen LogP contribution in [0.2, 0.25) is 0 Å². The highest BCUT2D eigenvalue weighted by molar-refractivity contribution is 9.11. The quantitative estimate of drug-likeness (QED) is 0.655. The lowest BCUT2D eigenvalue weighted by Crippen LogP contribution is -2.11. The summed E-state index contributed by atoms with van der Waals surface area (Å²) < 4.78 is 1.04. The molecule has 7 heteroatoms. The van der Waals surface area contributed by atoms with E-state index in [-0.39, 0.29) is 10.9 Å². The summed E-state index contributed by atoms with van der Waals surface area (Å²) in [7, 11) is 0. The molecule has 0 spiro atoms. The molecule has 0 aliphatic heterocycles. The molecule has 19 heavy (non-hydrogen) atoms. The Morgan fingerprint density at radius 2 is 2.26 bits per heavy atom. The molecule has 3 nitrogen and oxygen atoms in total. The first-order chi connectivity index (χ1) is 9.06. The fourth-order valence-corrected chi connectivity index (χ4v) is 4.33. The fraction of sp³-hybridized carbons (Fsp3) is 0.167. The molecule has 0 radical (unpaired) electrons. The van der Waals surface area contributed by atoms with Gasteiger partial charge in [-0.15, -0.1) is 34.3 Å². The van der Waals surface area contributed by atoms with E-state index in [4.69, 9.17) is 11.6 Å². The number of rotatable bonds is 2. The van der Waals surface area contributed by atoms with Gasteiger partial charge >= 0.3 is 0 Å². The molecule has 0 saturated heterocycles. The number of hydrogen-bond donors (Lipinski definition) is 1. The zero-order valence-corrected chi connectivity index (χ0v) is 13.7. The summed E-state index contributed by atoms with van der Waals surface area (Å²) in [6.45, 7) is 1.79. The smallest absolute Gasteiger partial charge is 0.260 e. The van der Waals surface area contributed by atoms with Crippen molar-refractivity contribution in [1.29, 1.82) is 0 Å². The van der Waals surface area contributed by atoms with E-state index in [2.05, 4.69) is 25.9 Å². The zero-order chi connectivity index (χ0) is 13.6. The van der Waals surface area contributed by atoms with Crippen molar-refractivity contribution in [1.82, 2.24) is 9.97 Å². The molecule has 3 aromatic rings. The number of nitrogens with zero attached hydrogens (tertiary/aromatic N) is 1. The normalized spacial score (nSPS) is 13.0. The second-order valence-electron chi connectivity index (χ2n) is 4.00. The Labute approximate surface area is 130 Å². The highest BCUT2D eigenvalue weighted by Crippen LogP contribution is 2.37. The van der Waals surface area contributed by atoms with Crippen LogP contribution in [0.25, 0.3) is 20.7 Å². The van der Waals surface area contributed by atoms with Crippen molar-refractivity contribution in [3.63, 3.8) is 0 Å². The molecule has 1 N–H and O–H groups in total. The Morgan fingerprint density at radius 3 is 2.89 bits per heavy atom. The third-order valence-corrected chi connectivity index (χ3v) is 5.41. The van der Waals surface area contributed by atoms with Gasteiger partial charge < -0.3 is 4.98 Å². The molecule has 0 amide bonds. The second-order valence-corrected chi connectivity index (χ2v) is 7.98. The fourth-order valence-electron chi connectivity index (χ4n) is 1.79. The molecule has 0 aromatic carbocycles. The van der Waals surface area contributed by atoms with Gasteiger partial charge in [0.25, 0.3) is 5.56 Å². The number of hydrogen-bond acceptors (Lipinski definition) is 4. The topological polar surface area (TPSA) is 45.8 Å². The van der Waals surface area contributed by atoms with Gasteiger partial charge in [-0.2, -0.15) is 0 Å². The van der Waals surface area contributed by atoms with Crippen LogP contribution in [0.4, 0.5) is 0 Å². The maximum absolute atomic E-state index is 12.2. The summed E-state index contributed by atoms with van der Waals surface area (Å²) in [6, 6.07) is 3.97. The minimum Gasteiger partial charge on any atom is -0.309 e. The Hall–Kier alpha value is -0.690. The number of nitrogens with one attached hydrogen (secondary N) is 1. The first-order valence-electron chi connectivity index (χ1n) is 5.47. The largest absolute Gasteiger partial charge is 0.309 e. The van der Waals surface area contributed by atoms with Crippen molar-refractivity contribution >= 4 is 60.4 Å². The van der Waals surface area contributed by atoms with E-state index in [0.29, 0.717) is 11.2 Å². The SMILES string of the molecule is CC(Cl)c1nc2scc(-c3ccc(Br)s3)c2c(=O)[nH]1. The molecule has 0 bridgehead atoms. The highest BCUT2D eigenvalue weighted by Gasteiger charge is 2.15. The monoisotopic (exact) mass is 374 g/mol. The van der Waals surface area contributed by atoms with Crippen molar-refractivity contribution in [2.24, 2.45) is 0 Å². The lowest BCUT2D eigenvalue weighted by atomic mass is 10.2. The van der Waals surface area contributed by atoms with Crippen molar-refractivity contribution < 1.29 is 0 Å². The number of halogens is 2. The maximum atomic E-state index is 12.2. The van der Waals surface area contributed by atoms with Crippen LogP contribution in [0.1, 0.15) is 18.1 Å². The van der Waals surface area contributed by atoms with Gasteiger partial charge in [-0.25, -0.2) is 4.98 Å². The molecule has 0 saturated carbocycles. The number of H-pyrrole nitrogens is 1. The summed E-state index contributed by atoms with van der Waals surface area (Å²) in [6.07, 6.45) is 0. The summed E-state index contributed by atoms with van der Waals surface area (Å²) in [5, 5.41) is 2.30. The van der Waals surface area contributed by atoms with Crippen LogP contribution in [-0.2, 0) is 0 Å². The van der Waals surface area contributed by atoms with Crippen LogP contribution in [-0.4, -0.2) is 9.97 Å². The third kappa shape index (κ3) is 2.38. The molecule has 1 atom stereocenters. The third-order valence-electron chi connectivity index (χ3n) is 2.68. The zero-order valence-electron chi connectivity index (χ0n) is 9.74. The summed E-state index contributed by atoms with van der Waals surface area (Å²) in [5.41, 5.74) is 0.798. The van der Waals surface area contributed by atoms with Gasteiger partial charge in [-0.1, -0.05) is 0 Å². The van der Waals surface area contributed by atoms with Gasteiger partial charge in [0.2, 0.25) is 0 Å². The van der Waals surface area contributed by atoms with E-state index in [1.54, 1.807) is 18.3 Å². The minimum absolute atomic E-state index is 0.131. The Morgan fingerprint density at radius 1 is 1.47 bits per heavy atom. The molecule has 3 aromatic heterocycles. The van der Waals surface area contributed by atoms with Crippen molar-refractivity contribution in [3.8, 4) is 10.4 Å². The number of fused-ring (bicyclic) bond motifs is 1.